The van der Waals surface area contributed by atoms with Crippen LogP contribution in [0.5, 0.6) is 0 Å². The Balaban J connectivity index is 1.58. The molecule has 0 amide bonds. The van der Waals surface area contributed by atoms with Crippen molar-refractivity contribution in [1.82, 2.24) is 5.32 Å². The molecule has 2 fully saturated rings. The fourth-order valence-electron chi connectivity index (χ4n) is 3.55. The first kappa shape index (κ1) is 11.4. The summed E-state index contributed by atoms with van der Waals surface area (Å²) in [5.41, 5.74) is 0. The molecule has 4 unspecified atom stereocenters. The number of methoxy groups -OCH3 is 1. The predicted molar refractivity (Wildman–Crippen MR) is 62.9 cm³/mol. The van der Waals surface area contributed by atoms with Crippen molar-refractivity contribution in [1.29, 1.82) is 0 Å². The molecule has 0 aromatic rings. The van der Waals surface area contributed by atoms with Crippen LogP contribution < -0.4 is 5.32 Å². The van der Waals surface area contributed by atoms with Crippen LogP contribution in [0.2, 0.25) is 0 Å². The third-order valence-electron chi connectivity index (χ3n) is 4.31. The van der Waals surface area contributed by atoms with E-state index in [-0.39, 0.29) is 0 Å². The van der Waals surface area contributed by atoms with Crippen LogP contribution in [-0.4, -0.2) is 26.3 Å². The summed E-state index contributed by atoms with van der Waals surface area (Å²) in [6.45, 7) is 4.21. The van der Waals surface area contributed by atoms with Gasteiger partial charge in [0.25, 0.3) is 0 Å². The zero-order valence-corrected chi connectivity index (χ0v) is 10.2. The monoisotopic (exact) mass is 211 g/mol. The molecule has 0 spiro atoms. The van der Waals surface area contributed by atoms with Gasteiger partial charge in [0.1, 0.15) is 0 Å². The first-order valence-electron chi connectivity index (χ1n) is 6.52. The summed E-state index contributed by atoms with van der Waals surface area (Å²) in [7, 11) is 1.77. The fourth-order valence-corrected chi connectivity index (χ4v) is 3.55. The second-order valence-corrected chi connectivity index (χ2v) is 5.53. The third-order valence-corrected chi connectivity index (χ3v) is 4.31. The SMILES string of the molecule is COCC(C)NCCC1CC2CCC1C2. The highest BCUT2D eigenvalue weighted by Crippen LogP contribution is 2.49. The van der Waals surface area contributed by atoms with Crippen LogP contribution in [0.4, 0.5) is 0 Å². The molecule has 0 aromatic carbocycles. The Hall–Kier alpha value is -0.0800. The fraction of sp³-hybridized carbons (Fsp3) is 1.00. The summed E-state index contributed by atoms with van der Waals surface area (Å²) >= 11 is 0. The number of ether oxygens (including phenoxy) is 1. The van der Waals surface area contributed by atoms with E-state index in [1.165, 1.54) is 38.6 Å². The van der Waals surface area contributed by atoms with E-state index in [1.54, 1.807) is 7.11 Å². The van der Waals surface area contributed by atoms with Gasteiger partial charge in [-0.1, -0.05) is 6.42 Å². The Morgan fingerprint density at radius 3 is 2.80 bits per heavy atom. The van der Waals surface area contributed by atoms with Gasteiger partial charge in [-0.15, -0.1) is 0 Å². The summed E-state index contributed by atoms with van der Waals surface area (Å²) in [5.74, 6) is 3.21. The van der Waals surface area contributed by atoms with Crippen molar-refractivity contribution in [3.8, 4) is 0 Å². The second-order valence-electron chi connectivity index (χ2n) is 5.53. The molecule has 2 aliphatic carbocycles. The minimum Gasteiger partial charge on any atom is -0.383 e. The Bertz CT molecular complexity index is 195. The molecule has 0 aromatic heterocycles. The third kappa shape index (κ3) is 2.94. The first-order valence-corrected chi connectivity index (χ1v) is 6.52. The molecular formula is C13H25NO. The van der Waals surface area contributed by atoms with Gasteiger partial charge in [0, 0.05) is 13.2 Å². The van der Waals surface area contributed by atoms with E-state index in [4.69, 9.17) is 4.74 Å². The molecule has 0 radical (unpaired) electrons. The maximum absolute atomic E-state index is 5.11. The highest BCUT2D eigenvalue weighted by molar-refractivity contribution is 4.90. The van der Waals surface area contributed by atoms with E-state index >= 15 is 0 Å². The Morgan fingerprint density at radius 1 is 1.33 bits per heavy atom. The predicted octanol–water partition coefficient (Wildman–Crippen LogP) is 2.44. The zero-order chi connectivity index (χ0) is 10.7. The van der Waals surface area contributed by atoms with Crippen LogP contribution >= 0.6 is 0 Å². The molecule has 0 heterocycles. The molecule has 2 nitrogen and oxygen atoms in total. The molecule has 0 aliphatic heterocycles. The van der Waals surface area contributed by atoms with Crippen molar-refractivity contribution in [2.75, 3.05) is 20.3 Å². The summed E-state index contributed by atoms with van der Waals surface area (Å²) in [6, 6.07) is 0.508. The lowest BCUT2D eigenvalue weighted by Gasteiger charge is -2.22. The van der Waals surface area contributed by atoms with Gasteiger partial charge in [0.05, 0.1) is 6.61 Å². The van der Waals surface area contributed by atoms with E-state index in [9.17, 15) is 0 Å². The van der Waals surface area contributed by atoms with Crippen LogP contribution in [0.1, 0.15) is 39.0 Å². The molecule has 15 heavy (non-hydrogen) atoms. The Morgan fingerprint density at radius 2 is 2.20 bits per heavy atom. The molecule has 88 valence electrons. The van der Waals surface area contributed by atoms with Gasteiger partial charge in [-0.2, -0.15) is 0 Å². The van der Waals surface area contributed by atoms with Gasteiger partial charge in [0.2, 0.25) is 0 Å². The van der Waals surface area contributed by atoms with Crippen LogP contribution in [0.25, 0.3) is 0 Å². The standard InChI is InChI=1S/C13H25NO/c1-10(9-15-2)14-6-5-13-8-11-3-4-12(13)7-11/h10-14H,3-9H2,1-2H3. The molecule has 2 rings (SSSR count). The Labute approximate surface area is 93.8 Å². The molecule has 2 bridgehead atoms. The molecule has 2 heteroatoms. The summed E-state index contributed by atoms with van der Waals surface area (Å²) in [4.78, 5) is 0. The van der Waals surface area contributed by atoms with Gasteiger partial charge in [0.15, 0.2) is 0 Å². The van der Waals surface area contributed by atoms with Crippen LogP contribution in [0.3, 0.4) is 0 Å². The van der Waals surface area contributed by atoms with Gasteiger partial charge in [-0.25, -0.2) is 0 Å². The minimum atomic E-state index is 0.508. The smallest absolute Gasteiger partial charge is 0.0613 e. The highest BCUT2D eigenvalue weighted by atomic mass is 16.5. The molecule has 0 saturated heterocycles. The summed E-state index contributed by atoms with van der Waals surface area (Å²) in [5, 5.41) is 3.54. The first-order chi connectivity index (χ1) is 7.29. The van der Waals surface area contributed by atoms with Crippen molar-refractivity contribution >= 4 is 0 Å². The molecule has 4 atom stereocenters. The largest absolute Gasteiger partial charge is 0.383 e. The maximum atomic E-state index is 5.11. The van der Waals surface area contributed by atoms with Gasteiger partial charge in [-0.3, -0.25) is 0 Å². The number of rotatable bonds is 6. The van der Waals surface area contributed by atoms with E-state index in [1.807, 2.05) is 0 Å². The van der Waals surface area contributed by atoms with E-state index < -0.39 is 0 Å². The summed E-state index contributed by atoms with van der Waals surface area (Å²) < 4.78 is 5.11. The number of fused-ring (bicyclic) bond motifs is 2. The Kier molecular flexibility index (Phi) is 4.04. The molecule has 1 N–H and O–H groups in total. The normalized spacial score (nSPS) is 36.0. The van der Waals surface area contributed by atoms with Crippen molar-refractivity contribution in [2.45, 2.75) is 45.1 Å². The highest BCUT2D eigenvalue weighted by Gasteiger charge is 2.38. The summed E-state index contributed by atoms with van der Waals surface area (Å²) in [6.07, 6.45) is 7.48. The molecule has 2 aliphatic rings. The number of hydrogen-bond acceptors (Lipinski definition) is 2. The van der Waals surface area contributed by atoms with Crippen molar-refractivity contribution in [3.63, 3.8) is 0 Å². The lowest BCUT2D eigenvalue weighted by atomic mass is 9.86. The molecule has 2 saturated carbocycles. The minimum absolute atomic E-state index is 0.508. The van der Waals surface area contributed by atoms with Crippen LogP contribution in [0, 0.1) is 17.8 Å². The average Bonchev–Trinajstić information content (AvgIpc) is 2.79. The van der Waals surface area contributed by atoms with Crippen LogP contribution in [0.15, 0.2) is 0 Å². The molecular weight excluding hydrogens is 186 g/mol. The van der Waals surface area contributed by atoms with Gasteiger partial charge in [-0.05, 0) is 56.9 Å². The topological polar surface area (TPSA) is 21.3 Å². The van der Waals surface area contributed by atoms with Crippen LogP contribution in [-0.2, 0) is 4.74 Å². The quantitative estimate of drug-likeness (QED) is 0.728. The van der Waals surface area contributed by atoms with E-state index in [2.05, 4.69) is 12.2 Å². The van der Waals surface area contributed by atoms with Gasteiger partial charge >= 0.3 is 0 Å². The lowest BCUT2D eigenvalue weighted by molar-refractivity contribution is 0.170. The number of nitrogens with one attached hydrogen (secondary N) is 1. The maximum Gasteiger partial charge on any atom is 0.0613 e. The van der Waals surface area contributed by atoms with Crippen molar-refractivity contribution in [3.05, 3.63) is 0 Å². The van der Waals surface area contributed by atoms with Gasteiger partial charge < -0.3 is 10.1 Å². The number of hydrogen-bond donors (Lipinski definition) is 1. The second kappa shape index (κ2) is 5.31. The van der Waals surface area contributed by atoms with Crippen molar-refractivity contribution in [2.24, 2.45) is 17.8 Å². The van der Waals surface area contributed by atoms with E-state index in [0.29, 0.717) is 6.04 Å². The van der Waals surface area contributed by atoms with Crippen molar-refractivity contribution < 1.29 is 4.74 Å². The zero-order valence-electron chi connectivity index (χ0n) is 10.2. The lowest BCUT2D eigenvalue weighted by Crippen LogP contribution is -2.32. The average molecular weight is 211 g/mol. The van der Waals surface area contributed by atoms with E-state index in [0.717, 1.165) is 24.4 Å².